The number of hydrogen-bond acceptors (Lipinski definition) is 2. The second kappa shape index (κ2) is 6.13. The van der Waals surface area contributed by atoms with Crippen LogP contribution in [-0.2, 0) is 9.53 Å². The zero-order valence-corrected chi connectivity index (χ0v) is 12.3. The molecule has 0 unspecified atom stereocenters. The maximum atomic E-state index is 11.8. The Kier molecular flexibility index (Phi) is 4.05. The van der Waals surface area contributed by atoms with E-state index < -0.39 is 0 Å². The summed E-state index contributed by atoms with van der Waals surface area (Å²) in [5, 5.41) is 2.56. The van der Waals surface area contributed by atoms with Crippen molar-refractivity contribution in [3.8, 4) is 0 Å². The van der Waals surface area contributed by atoms with E-state index in [9.17, 15) is 4.79 Å². The topological polar surface area (TPSA) is 26.3 Å². The van der Waals surface area contributed by atoms with Crippen LogP contribution in [0.2, 0.25) is 0 Å². The van der Waals surface area contributed by atoms with Crippen molar-refractivity contribution in [2.45, 2.75) is 26.2 Å². The van der Waals surface area contributed by atoms with Crippen LogP contribution in [0, 0.1) is 5.92 Å². The smallest absolute Gasteiger partial charge is 0.309 e. The Labute approximate surface area is 125 Å². The Balaban J connectivity index is 1.86. The van der Waals surface area contributed by atoms with Crippen molar-refractivity contribution in [2.24, 2.45) is 5.92 Å². The zero-order chi connectivity index (χ0) is 14.7. The molecule has 0 heterocycles. The summed E-state index contributed by atoms with van der Waals surface area (Å²) in [5.41, 5.74) is 2.66. The van der Waals surface area contributed by atoms with E-state index in [1.165, 1.54) is 21.9 Å². The van der Waals surface area contributed by atoms with Crippen LogP contribution in [0.4, 0.5) is 0 Å². The minimum atomic E-state index is -0.0503. The first-order valence-electron chi connectivity index (χ1n) is 7.63. The van der Waals surface area contributed by atoms with Gasteiger partial charge in [0.2, 0.25) is 0 Å². The number of rotatable bonds is 3. The highest BCUT2D eigenvalue weighted by molar-refractivity contribution is 5.94. The van der Waals surface area contributed by atoms with Crippen LogP contribution in [0.25, 0.3) is 16.3 Å². The molecular formula is C19H20O2. The predicted molar refractivity (Wildman–Crippen MR) is 85.9 cm³/mol. The highest BCUT2D eigenvalue weighted by Crippen LogP contribution is 2.34. The van der Waals surface area contributed by atoms with Gasteiger partial charge in [-0.3, -0.25) is 4.79 Å². The maximum absolute atomic E-state index is 11.8. The van der Waals surface area contributed by atoms with Crippen LogP contribution in [0.3, 0.4) is 0 Å². The molecule has 0 radical (unpaired) electrons. The maximum Gasteiger partial charge on any atom is 0.309 e. The van der Waals surface area contributed by atoms with Gasteiger partial charge < -0.3 is 4.74 Å². The molecule has 1 atom stereocenters. The second-order valence-corrected chi connectivity index (χ2v) is 5.48. The Bertz CT molecular complexity index is 680. The van der Waals surface area contributed by atoms with Crippen LogP contribution >= 0.6 is 0 Å². The Morgan fingerprint density at radius 3 is 2.76 bits per heavy atom. The minimum Gasteiger partial charge on any atom is -0.466 e. The molecule has 0 fully saturated rings. The summed E-state index contributed by atoms with van der Waals surface area (Å²) in [5.74, 6) is -0.0191. The van der Waals surface area contributed by atoms with E-state index in [4.69, 9.17) is 4.74 Å². The van der Waals surface area contributed by atoms with Gasteiger partial charge in [-0.05, 0) is 48.1 Å². The first-order chi connectivity index (χ1) is 10.3. The summed E-state index contributed by atoms with van der Waals surface area (Å²) in [7, 11) is 0. The predicted octanol–water partition coefficient (Wildman–Crippen LogP) is 4.59. The molecule has 0 aromatic heterocycles. The van der Waals surface area contributed by atoms with Gasteiger partial charge in [0.15, 0.2) is 0 Å². The van der Waals surface area contributed by atoms with Crippen molar-refractivity contribution in [2.75, 3.05) is 6.61 Å². The van der Waals surface area contributed by atoms with Gasteiger partial charge in [-0.2, -0.15) is 0 Å². The number of fused-ring (bicyclic) bond motifs is 1. The number of carbonyl (C=O) groups excluding carboxylic acids is 1. The van der Waals surface area contributed by atoms with Crippen LogP contribution < -0.4 is 0 Å². The Morgan fingerprint density at radius 1 is 1.19 bits per heavy atom. The third-order valence-electron chi connectivity index (χ3n) is 4.17. The highest BCUT2D eigenvalue weighted by Gasteiger charge is 2.23. The number of ether oxygens (including phenoxy) is 1. The van der Waals surface area contributed by atoms with Gasteiger partial charge in [0.25, 0.3) is 0 Å². The average Bonchev–Trinajstić information content (AvgIpc) is 2.55. The molecule has 0 spiro atoms. The molecule has 2 aromatic carbocycles. The van der Waals surface area contributed by atoms with Gasteiger partial charge in [0.1, 0.15) is 0 Å². The molecule has 0 aliphatic heterocycles. The fraction of sp³-hybridized carbons (Fsp3) is 0.316. The van der Waals surface area contributed by atoms with Crippen molar-refractivity contribution in [1.82, 2.24) is 0 Å². The largest absolute Gasteiger partial charge is 0.466 e. The van der Waals surface area contributed by atoms with Crippen LogP contribution in [0.5, 0.6) is 0 Å². The van der Waals surface area contributed by atoms with Crippen LogP contribution in [0.1, 0.15) is 31.7 Å². The number of allylic oxidation sites excluding steroid dienone is 2. The summed E-state index contributed by atoms with van der Waals surface area (Å²) < 4.78 is 5.12. The highest BCUT2D eigenvalue weighted by atomic mass is 16.5. The van der Waals surface area contributed by atoms with E-state index in [1.807, 2.05) is 6.92 Å². The quantitative estimate of drug-likeness (QED) is 0.769. The number of carbonyl (C=O) groups is 1. The summed E-state index contributed by atoms with van der Waals surface area (Å²) in [6.07, 6.45) is 4.83. The van der Waals surface area contributed by atoms with Crippen LogP contribution in [-0.4, -0.2) is 12.6 Å². The minimum absolute atomic E-state index is 0.0312. The molecule has 0 saturated heterocycles. The summed E-state index contributed by atoms with van der Waals surface area (Å²) >= 11 is 0. The third-order valence-corrected chi connectivity index (χ3v) is 4.17. The van der Waals surface area contributed by atoms with Gasteiger partial charge in [0.05, 0.1) is 12.5 Å². The molecule has 2 heteroatoms. The van der Waals surface area contributed by atoms with E-state index in [-0.39, 0.29) is 11.9 Å². The number of esters is 1. The molecular weight excluding hydrogens is 260 g/mol. The zero-order valence-electron chi connectivity index (χ0n) is 12.3. The summed E-state index contributed by atoms with van der Waals surface area (Å²) in [6, 6.07) is 14.9. The summed E-state index contributed by atoms with van der Waals surface area (Å²) in [6.45, 7) is 2.33. The molecule has 1 aliphatic rings. The third kappa shape index (κ3) is 2.85. The molecule has 2 nitrogen and oxygen atoms in total. The molecule has 2 aromatic rings. The normalized spacial score (nSPS) is 18.3. The lowest BCUT2D eigenvalue weighted by atomic mass is 9.85. The second-order valence-electron chi connectivity index (χ2n) is 5.48. The fourth-order valence-electron chi connectivity index (χ4n) is 3.06. The van der Waals surface area contributed by atoms with Gasteiger partial charge in [0, 0.05) is 0 Å². The van der Waals surface area contributed by atoms with Gasteiger partial charge in [-0.15, -0.1) is 0 Å². The molecule has 1 aliphatic carbocycles. The lowest BCUT2D eigenvalue weighted by molar-refractivity contribution is -0.148. The van der Waals surface area contributed by atoms with E-state index >= 15 is 0 Å². The molecule has 0 amide bonds. The molecule has 0 saturated carbocycles. The van der Waals surface area contributed by atoms with E-state index in [0.29, 0.717) is 6.61 Å². The van der Waals surface area contributed by atoms with Crippen molar-refractivity contribution in [3.05, 3.63) is 54.1 Å². The first kappa shape index (κ1) is 13.9. The lowest BCUT2D eigenvalue weighted by Crippen LogP contribution is -2.19. The van der Waals surface area contributed by atoms with E-state index in [1.54, 1.807) is 0 Å². The summed E-state index contributed by atoms with van der Waals surface area (Å²) in [4.78, 5) is 11.8. The lowest BCUT2D eigenvalue weighted by Gasteiger charge is -2.21. The van der Waals surface area contributed by atoms with Crippen molar-refractivity contribution in [1.29, 1.82) is 0 Å². The van der Waals surface area contributed by atoms with Gasteiger partial charge >= 0.3 is 5.97 Å². The number of hydrogen-bond donors (Lipinski definition) is 0. The molecule has 21 heavy (non-hydrogen) atoms. The standard InChI is InChI=1S/C19H20O2/c1-2-21-19(20)16-12-10-15(11-13-16)18-9-5-7-14-6-3-4-8-17(14)18/h3-10,16H,2,11-13H2,1H3/t16-/m1/s1. The van der Waals surface area contributed by atoms with Crippen molar-refractivity contribution < 1.29 is 9.53 Å². The molecule has 108 valence electrons. The fourth-order valence-corrected chi connectivity index (χ4v) is 3.06. The molecule has 0 bridgehead atoms. The van der Waals surface area contributed by atoms with E-state index in [0.717, 1.165) is 19.3 Å². The SMILES string of the molecule is CCOC(=O)[C@@H]1CC=C(c2cccc3ccccc23)CC1. The van der Waals surface area contributed by atoms with Crippen LogP contribution in [0.15, 0.2) is 48.5 Å². The molecule has 0 N–H and O–H groups in total. The van der Waals surface area contributed by atoms with Gasteiger partial charge in [-0.1, -0.05) is 48.5 Å². The van der Waals surface area contributed by atoms with Crippen molar-refractivity contribution in [3.63, 3.8) is 0 Å². The van der Waals surface area contributed by atoms with E-state index in [2.05, 4.69) is 48.5 Å². The Morgan fingerprint density at radius 2 is 2.00 bits per heavy atom. The number of benzene rings is 2. The molecule has 3 rings (SSSR count). The van der Waals surface area contributed by atoms with Crippen molar-refractivity contribution >= 4 is 22.3 Å². The monoisotopic (exact) mass is 280 g/mol. The Hall–Kier alpha value is -2.09. The average molecular weight is 280 g/mol. The first-order valence-corrected chi connectivity index (χ1v) is 7.63. The van der Waals surface area contributed by atoms with Gasteiger partial charge in [-0.25, -0.2) is 0 Å².